The molecule has 0 radical (unpaired) electrons. The second kappa shape index (κ2) is 6.21. The van der Waals surface area contributed by atoms with E-state index in [9.17, 15) is 22.8 Å². The van der Waals surface area contributed by atoms with Crippen molar-refractivity contribution in [2.75, 3.05) is 7.11 Å². The Morgan fingerprint density at radius 2 is 1.79 bits per heavy atom. The molecule has 0 aliphatic carbocycles. The van der Waals surface area contributed by atoms with E-state index in [2.05, 4.69) is 9.47 Å². The third kappa shape index (κ3) is 4.61. The molecule has 4 nitrogen and oxygen atoms in total. The van der Waals surface area contributed by atoms with E-state index in [1.807, 2.05) is 0 Å². The van der Waals surface area contributed by atoms with Gasteiger partial charge < -0.3 is 9.47 Å². The van der Waals surface area contributed by atoms with Gasteiger partial charge in [0.15, 0.2) is 0 Å². The van der Waals surface area contributed by atoms with Crippen LogP contribution >= 0.6 is 0 Å². The van der Waals surface area contributed by atoms with Gasteiger partial charge in [-0.3, -0.25) is 0 Å². The number of hydrogen-bond acceptors (Lipinski definition) is 4. The summed E-state index contributed by atoms with van der Waals surface area (Å²) in [5.74, 6) is -3.46. The summed E-state index contributed by atoms with van der Waals surface area (Å²) < 4.78 is 44.7. The number of carbonyl (C=O) groups excluding carboxylic acids is 2. The molecule has 104 valence electrons. The van der Waals surface area contributed by atoms with Crippen molar-refractivity contribution < 1.29 is 32.2 Å². The molecule has 0 aromatic heterocycles. The predicted molar refractivity (Wildman–Crippen MR) is 58.1 cm³/mol. The molecule has 0 saturated heterocycles. The molecule has 0 fully saturated rings. The number of ether oxygens (including phenoxy) is 2. The number of methoxy groups -OCH3 is 1. The van der Waals surface area contributed by atoms with Crippen LogP contribution in [0.15, 0.2) is 30.3 Å². The summed E-state index contributed by atoms with van der Waals surface area (Å²) in [7, 11) is 1.00. The zero-order chi connectivity index (χ0) is 14.5. The molecule has 19 heavy (non-hydrogen) atoms. The summed E-state index contributed by atoms with van der Waals surface area (Å²) in [6, 6.07) is 8.19. The monoisotopic (exact) mass is 276 g/mol. The number of halogens is 3. The molecule has 0 amide bonds. The molecule has 0 saturated carbocycles. The second-order valence-electron chi connectivity index (χ2n) is 3.60. The molecular formula is C12H11F3O4. The molecule has 0 N–H and O–H groups in total. The average molecular weight is 276 g/mol. The van der Waals surface area contributed by atoms with Crippen LogP contribution in [-0.2, 0) is 25.5 Å². The molecular weight excluding hydrogens is 265 g/mol. The normalized spacial score (nSPS) is 12.6. The topological polar surface area (TPSA) is 52.6 Å². The van der Waals surface area contributed by atoms with Crippen LogP contribution in [0.25, 0.3) is 0 Å². The first-order chi connectivity index (χ1) is 8.84. The van der Waals surface area contributed by atoms with Gasteiger partial charge >= 0.3 is 18.1 Å². The third-order valence-electron chi connectivity index (χ3n) is 2.21. The fourth-order valence-corrected chi connectivity index (χ4v) is 1.33. The van der Waals surface area contributed by atoms with Crippen LogP contribution in [0.4, 0.5) is 13.2 Å². The lowest BCUT2D eigenvalue weighted by Gasteiger charge is -2.16. The van der Waals surface area contributed by atoms with E-state index >= 15 is 0 Å². The number of alkyl halides is 3. The molecule has 0 heterocycles. The van der Waals surface area contributed by atoms with Gasteiger partial charge in [-0.05, 0) is 5.56 Å². The Labute approximate surface area is 107 Å². The highest BCUT2D eigenvalue weighted by atomic mass is 19.4. The summed E-state index contributed by atoms with van der Waals surface area (Å²) in [5.41, 5.74) is 0.549. The smallest absolute Gasteiger partial charge is 0.466 e. The van der Waals surface area contributed by atoms with Crippen LogP contribution in [0.3, 0.4) is 0 Å². The van der Waals surface area contributed by atoms with Gasteiger partial charge in [0.1, 0.15) is 0 Å². The van der Waals surface area contributed by atoms with Gasteiger partial charge in [-0.15, -0.1) is 0 Å². The Hall–Kier alpha value is -2.05. The molecule has 1 rings (SSSR count). The second-order valence-corrected chi connectivity index (χ2v) is 3.60. The van der Waals surface area contributed by atoms with E-state index in [0.717, 1.165) is 7.11 Å². The van der Waals surface area contributed by atoms with Crippen LogP contribution < -0.4 is 0 Å². The summed E-state index contributed by atoms with van der Waals surface area (Å²) >= 11 is 0. The van der Waals surface area contributed by atoms with Crippen molar-refractivity contribution in [3.05, 3.63) is 35.9 Å². The number of benzene rings is 1. The summed E-state index contributed by atoms with van der Waals surface area (Å²) in [6.07, 6.45) is -6.96. The van der Waals surface area contributed by atoms with Crippen molar-refractivity contribution >= 4 is 11.9 Å². The molecule has 0 spiro atoms. The lowest BCUT2D eigenvalue weighted by molar-refractivity contribution is -0.207. The highest BCUT2D eigenvalue weighted by Gasteiger charge is 2.43. The molecule has 1 aromatic carbocycles. The Bertz CT molecular complexity index is 442. The molecule has 1 atom stereocenters. The van der Waals surface area contributed by atoms with Crippen molar-refractivity contribution in [2.45, 2.75) is 18.7 Å². The maximum atomic E-state index is 12.1. The highest BCUT2D eigenvalue weighted by Crippen LogP contribution is 2.19. The van der Waals surface area contributed by atoms with Gasteiger partial charge in [-0.25, -0.2) is 9.59 Å². The third-order valence-corrected chi connectivity index (χ3v) is 2.21. The number of rotatable bonds is 4. The number of hydrogen-bond donors (Lipinski definition) is 0. The Balaban J connectivity index is 2.79. The number of esters is 2. The van der Waals surface area contributed by atoms with Crippen LogP contribution in [0.1, 0.15) is 5.56 Å². The summed E-state index contributed by atoms with van der Waals surface area (Å²) in [4.78, 5) is 22.0. The van der Waals surface area contributed by atoms with Crippen molar-refractivity contribution in [1.29, 1.82) is 0 Å². The van der Waals surface area contributed by atoms with Gasteiger partial charge in [-0.1, -0.05) is 30.3 Å². The van der Waals surface area contributed by atoms with Gasteiger partial charge in [-0.2, -0.15) is 13.2 Å². The van der Waals surface area contributed by atoms with Crippen LogP contribution in [0.2, 0.25) is 0 Å². The molecule has 0 bridgehead atoms. The van der Waals surface area contributed by atoms with Crippen molar-refractivity contribution in [3.8, 4) is 0 Å². The van der Waals surface area contributed by atoms with E-state index in [4.69, 9.17) is 0 Å². The largest absolute Gasteiger partial charge is 0.490 e. The van der Waals surface area contributed by atoms with E-state index in [1.165, 1.54) is 0 Å². The molecule has 1 aromatic rings. The first kappa shape index (κ1) is 15.0. The fraction of sp³-hybridized carbons (Fsp3) is 0.333. The maximum Gasteiger partial charge on any atom is 0.490 e. The summed E-state index contributed by atoms with van der Waals surface area (Å²) in [5, 5.41) is 0. The van der Waals surface area contributed by atoms with E-state index in [0.29, 0.717) is 5.56 Å². The van der Waals surface area contributed by atoms with Gasteiger partial charge in [0.2, 0.25) is 6.10 Å². The minimum atomic E-state index is -5.15. The zero-order valence-corrected chi connectivity index (χ0v) is 9.94. The quantitative estimate of drug-likeness (QED) is 0.788. The first-order valence-corrected chi connectivity index (χ1v) is 5.24. The minimum absolute atomic E-state index is 0.185. The lowest BCUT2D eigenvalue weighted by Crippen LogP contribution is -2.36. The van der Waals surface area contributed by atoms with Crippen LogP contribution in [0.5, 0.6) is 0 Å². The van der Waals surface area contributed by atoms with E-state index in [-0.39, 0.29) is 6.42 Å². The van der Waals surface area contributed by atoms with Gasteiger partial charge in [0.25, 0.3) is 0 Å². The van der Waals surface area contributed by atoms with Gasteiger partial charge in [0, 0.05) is 6.42 Å². The Kier molecular flexibility index (Phi) is 4.91. The molecule has 1 unspecified atom stereocenters. The number of carbonyl (C=O) groups is 2. The van der Waals surface area contributed by atoms with E-state index < -0.39 is 24.2 Å². The first-order valence-electron chi connectivity index (χ1n) is 5.24. The molecule has 0 aliphatic heterocycles. The lowest BCUT2D eigenvalue weighted by atomic mass is 10.1. The highest BCUT2D eigenvalue weighted by molar-refractivity contribution is 5.82. The Morgan fingerprint density at radius 1 is 1.21 bits per heavy atom. The average Bonchev–Trinajstić information content (AvgIpc) is 2.37. The van der Waals surface area contributed by atoms with Gasteiger partial charge in [0.05, 0.1) is 7.11 Å². The minimum Gasteiger partial charge on any atom is -0.466 e. The van der Waals surface area contributed by atoms with Crippen LogP contribution in [-0.4, -0.2) is 31.3 Å². The summed E-state index contributed by atoms with van der Waals surface area (Å²) in [6.45, 7) is 0. The zero-order valence-electron chi connectivity index (χ0n) is 9.94. The van der Waals surface area contributed by atoms with Crippen molar-refractivity contribution in [2.24, 2.45) is 0 Å². The standard InChI is InChI=1S/C12H11F3O4/c1-18-10(16)9(19-11(17)12(13,14)15)7-8-5-3-2-4-6-8/h2-6,9H,7H2,1H3. The fourth-order valence-electron chi connectivity index (χ4n) is 1.33. The Morgan fingerprint density at radius 3 is 2.26 bits per heavy atom. The molecule has 0 aliphatic rings. The predicted octanol–water partition coefficient (Wildman–Crippen LogP) is 1.88. The van der Waals surface area contributed by atoms with Crippen molar-refractivity contribution in [3.63, 3.8) is 0 Å². The van der Waals surface area contributed by atoms with E-state index in [1.54, 1.807) is 30.3 Å². The van der Waals surface area contributed by atoms with Crippen molar-refractivity contribution in [1.82, 2.24) is 0 Å². The van der Waals surface area contributed by atoms with Crippen LogP contribution in [0, 0.1) is 0 Å². The SMILES string of the molecule is COC(=O)C(Cc1ccccc1)OC(=O)C(F)(F)F. The molecule has 7 heteroatoms. The maximum absolute atomic E-state index is 12.1.